The molecule has 1 amide bonds. The lowest BCUT2D eigenvalue weighted by Gasteiger charge is -2.22. The molecule has 1 aliphatic rings. The third-order valence-electron chi connectivity index (χ3n) is 3.10. The minimum absolute atomic E-state index is 0. The summed E-state index contributed by atoms with van der Waals surface area (Å²) in [6.45, 7) is 1.51. The summed E-state index contributed by atoms with van der Waals surface area (Å²) < 4.78 is 5.26. The zero-order chi connectivity index (χ0) is 13.5. The van der Waals surface area contributed by atoms with Crippen LogP contribution in [0.1, 0.15) is 12.0 Å². The molecule has 1 aromatic carbocycles. The number of benzene rings is 1. The molecular formula is C14H21ClN2O2S. The molecular weight excluding hydrogens is 296 g/mol. The monoisotopic (exact) mass is 316 g/mol. The van der Waals surface area contributed by atoms with Crippen LogP contribution in [0.2, 0.25) is 0 Å². The summed E-state index contributed by atoms with van der Waals surface area (Å²) in [6, 6.07) is 8.04. The lowest BCUT2D eigenvalue weighted by Crippen LogP contribution is -2.41. The van der Waals surface area contributed by atoms with Gasteiger partial charge in [-0.15, -0.1) is 12.4 Å². The molecule has 2 rings (SSSR count). The second kappa shape index (κ2) is 9.10. The van der Waals surface area contributed by atoms with Crippen LogP contribution in [0, 0.1) is 0 Å². The number of nitrogens with one attached hydrogen (secondary N) is 2. The topological polar surface area (TPSA) is 50.4 Å². The molecule has 4 nitrogen and oxygen atoms in total. The Morgan fingerprint density at radius 1 is 1.50 bits per heavy atom. The van der Waals surface area contributed by atoms with Crippen molar-refractivity contribution in [1.29, 1.82) is 0 Å². The number of ether oxygens (including phenoxy) is 1. The SMILES string of the molecule is COc1ccccc1CNC(=O)CC1CSCCN1.Cl. The minimum atomic E-state index is 0. The predicted molar refractivity (Wildman–Crippen MR) is 85.8 cm³/mol. The van der Waals surface area contributed by atoms with Crippen LogP contribution in [0.3, 0.4) is 0 Å². The Bertz CT molecular complexity index is 425. The molecule has 0 radical (unpaired) electrons. The average molecular weight is 317 g/mol. The van der Waals surface area contributed by atoms with Crippen LogP contribution >= 0.6 is 24.2 Å². The Morgan fingerprint density at radius 3 is 3.00 bits per heavy atom. The highest BCUT2D eigenvalue weighted by atomic mass is 35.5. The van der Waals surface area contributed by atoms with E-state index in [0.717, 1.165) is 29.4 Å². The van der Waals surface area contributed by atoms with Crippen LogP contribution in [0.15, 0.2) is 24.3 Å². The van der Waals surface area contributed by atoms with E-state index in [1.807, 2.05) is 36.0 Å². The lowest BCUT2D eigenvalue weighted by molar-refractivity contribution is -0.121. The first-order chi connectivity index (χ1) is 9.29. The van der Waals surface area contributed by atoms with Crippen LogP contribution < -0.4 is 15.4 Å². The number of carbonyl (C=O) groups is 1. The van der Waals surface area contributed by atoms with E-state index in [1.165, 1.54) is 0 Å². The van der Waals surface area contributed by atoms with Crippen molar-refractivity contribution in [1.82, 2.24) is 10.6 Å². The van der Waals surface area contributed by atoms with Crippen molar-refractivity contribution in [2.45, 2.75) is 19.0 Å². The lowest BCUT2D eigenvalue weighted by atomic mass is 10.2. The number of hydrogen-bond acceptors (Lipinski definition) is 4. The van der Waals surface area contributed by atoms with Gasteiger partial charge in [0.05, 0.1) is 7.11 Å². The maximum Gasteiger partial charge on any atom is 0.221 e. The summed E-state index contributed by atoms with van der Waals surface area (Å²) in [5.41, 5.74) is 1.00. The van der Waals surface area contributed by atoms with Gasteiger partial charge in [0, 0.05) is 42.6 Å². The molecule has 0 aromatic heterocycles. The highest BCUT2D eigenvalue weighted by Gasteiger charge is 2.16. The summed E-state index contributed by atoms with van der Waals surface area (Å²) in [7, 11) is 1.64. The second-order valence-corrected chi connectivity index (χ2v) is 5.67. The largest absolute Gasteiger partial charge is 0.496 e. The van der Waals surface area contributed by atoms with E-state index in [0.29, 0.717) is 19.0 Å². The minimum Gasteiger partial charge on any atom is -0.496 e. The number of carbonyl (C=O) groups excluding carboxylic acids is 1. The molecule has 0 spiro atoms. The van der Waals surface area contributed by atoms with Crippen molar-refractivity contribution in [3.63, 3.8) is 0 Å². The van der Waals surface area contributed by atoms with Gasteiger partial charge >= 0.3 is 0 Å². The summed E-state index contributed by atoms with van der Waals surface area (Å²) in [5, 5.41) is 6.32. The van der Waals surface area contributed by atoms with Gasteiger partial charge < -0.3 is 15.4 Å². The fourth-order valence-corrected chi connectivity index (χ4v) is 3.04. The molecule has 2 N–H and O–H groups in total. The summed E-state index contributed by atoms with van der Waals surface area (Å²) >= 11 is 1.90. The number of halogens is 1. The number of rotatable bonds is 5. The molecule has 1 aromatic rings. The number of methoxy groups -OCH3 is 1. The van der Waals surface area contributed by atoms with E-state index in [9.17, 15) is 4.79 Å². The molecule has 0 bridgehead atoms. The van der Waals surface area contributed by atoms with Gasteiger partial charge in [-0.25, -0.2) is 0 Å². The molecule has 0 aliphatic carbocycles. The number of para-hydroxylation sites is 1. The third kappa shape index (κ3) is 5.23. The Balaban J connectivity index is 0.00000200. The van der Waals surface area contributed by atoms with Gasteiger partial charge in [0.15, 0.2) is 0 Å². The highest BCUT2D eigenvalue weighted by Crippen LogP contribution is 2.17. The number of amides is 1. The van der Waals surface area contributed by atoms with Gasteiger partial charge in [-0.2, -0.15) is 11.8 Å². The first kappa shape index (κ1) is 17.1. The van der Waals surface area contributed by atoms with E-state index >= 15 is 0 Å². The Kier molecular flexibility index (Phi) is 7.80. The predicted octanol–water partition coefficient (Wildman–Crippen LogP) is 1.83. The molecule has 1 aliphatic heterocycles. The van der Waals surface area contributed by atoms with E-state index in [-0.39, 0.29) is 18.3 Å². The van der Waals surface area contributed by atoms with Crippen molar-refractivity contribution in [2.75, 3.05) is 25.2 Å². The van der Waals surface area contributed by atoms with Crippen molar-refractivity contribution >= 4 is 30.1 Å². The zero-order valence-electron chi connectivity index (χ0n) is 11.6. The molecule has 1 saturated heterocycles. The van der Waals surface area contributed by atoms with Crippen LogP contribution in [0.4, 0.5) is 0 Å². The van der Waals surface area contributed by atoms with Crippen molar-refractivity contribution in [2.24, 2.45) is 0 Å². The second-order valence-electron chi connectivity index (χ2n) is 4.52. The Morgan fingerprint density at radius 2 is 2.30 bits per heavy atom. The van der Waals surface area contributed by atoms with Gasteiger partial charge in [0.25, 0.3) is 0 Å². The van der Waals surface area contributed by atoms with Gasteiger partial charge in [0.2, 0.25) is 5.91 Å². The maximum atomic E-state index is 11.9. The molecule has 1 heterocycles. The summed E-state index contributed by atoms with van der Waals surface area (Å²) in [6.07, 6.45) is 0.544. The Hall–Kier alpha value is -0.910. The van der Waals surface area contributed by atoms with Crippen LogP contribution in [0.25, 0.3) is 0 Å². The first-order valence-corrected chi connectivity index (χ1v) is 7.65. The maximum absolute atomic E-state index is 11.9. The average Bonchev–Trinajstić information content (AvgIpc) is 2.46. The van der Waals surface area contributed by atoms with E-state index in [4.69, 9.17) is 4.74 Å². The van der Waals surface area contributed by atoms with Crippen LogP contribution in [0.5, 0.6) is 5.75 Å². The van der Waals surface area contributed by atoms with Crippen LogP contribution in [-0.2, 0) is 11.3 Å². The number of thioether (sulfide) groups is 1. The third-order valence-corrected chi connectivity index (χ3v) is 4.23. The molecule has 20 heavy (non-hydrogen) atoms. The van der Waals surface area contributed by atoms with Gasteiger partial charge in [-0.3, -0.25) is 4.79 Å². The van der Waals surface area contributed by atoms with E-state index in [1.54, 1.807) is 7.11 Å². The van der Waals surface area contributed by atoms with Crippen LogP contribution in [-0.4, -0.2) is 37.1 Å². The van der Waals surface area contributed by atoms with E-state index in [2.05, 4.69) is 10.6 Å². The number of hydrogen-bond donors (Lipinski definition) is 2. The van der Waals surface area contributed by atoms with Crippen molar-refractivity contribution in [3.05, 3.63) is 29.8 Å². The van der Waals surface area contributed by atoms with Crippen molar-refractivity contribution in [3.8, 4) is 5.75 Å². The molecule has 6 heteroatoms. The first-order valence-electron chi connectivity index (χ1n) is 6.49. The van der Waals surface area contributed by atoms with Gasteiger partial charge in [0.1, 0.15) is 5.75 Å². The van der Waals surface area contributed by atoms with Crippen molar-refractivity contribution < 1.29 is 9.53 Å². The fourth-order valence-electron chi connectivity index (χ4n) is 2.09. The fraction of sp³-hybridized carbons (Fsp3) is 0.500. The Labute approximate surface area is 130 Å². The van der Waals surface area contributed by atoms with Gasteiger partial charge in [-0.05, 0) is 6.07 Å². The molecule has 1 atom stereocenters. The molecule has 1 fully saturated rings. The molecule has 0 saturated carbocycles. The highest BCUT2D eigenvalue weighted by molar-refractivity contribution is 7.99. The molecule has 1 unspecified atom stereocenters. The summed E-state index contributed by atoms with van der Waals surface area (Å²) in [5.74, 6) is 3.06. The van der Waals surface area contributed by atoms with E-state index < -0.39 is 0 Å². The summed E-state index contributed by atoms with van der Waals surface area (Å²) in [4.78, 5) is 11.9. The standard InChI is InChI=1S/C14H20N2O2S.ClH/c1-18-13-5-3-2-4-11(13)9-16-14(17)8-12-10-19-7-6-15-12;/h2-5,12,15H,6-10H2,1H3,(H,16,17);1H. The van der Waals surface area contributed by atoms with Gasteiger partial charge in [-0.1, -0.05) is 18.2 Å². The zero-order valence-corrected chi connectivity index (χ0v) is 13.2. The normalized spacial score (nSPS) is 17.9. The smallest absolute Gasteiger partial charge is 0.221 e. The quantitative estimate of drug-likeness (QED) is 0.870. The molecule has 112 valence electrons.